The maximum atomic E-state index is 12.9. The molecule has 4 aromatic carbocycles. The smallest absolute Gasteiger partial charge is 0.265 e. The molecule has 0 radical (unpaired) electrons. The van der Waals surface area contributed by atoms with Gasteiger partial charge in [0.1, 0.15) is 0 Å². The van der Waals surface area contributed by atoms with E-state index in [0.29, 0.717) is 5.69 Å². The fourth-order valence-corrected chi connectivity index (χ4v) is 3.77. The molecule has 0 spiro atoms. The maximum Gasteiger partial charge on any atom is 0.291 e. The van der Waals surface area contributed by atoms with Gasteiger partial charge in [0.15, 0.2) is 5.69 Å². The Labute approximate surface area is 192 Å². The second-order valence-corrected chi connectivity index (χ2v) is 7.80. The van der Waals surface area contributed by atoms with Crippen LogP contribution in [0.3, 0.4) is 0 Å². The lowest BCUT2D eigenvalue weighted by Gasteiger charge is -2.07. The van der Waals surface area contributed by atoms with Gasteiger partial charge in [-0.3, -0.25) is 4.79 Å². The summed E-state index contributed by atoms with van der Waals surface area (Å²) in [4.78, 5) is 12.9. The van der Waals surface area contributed by atoms with Crippen molar-refractivity contribution in [3.63, 3.8) is 0 Å². The molecule has 1 aromatic heterocycles. The Morgan fingerprint density at radius 2 is 1.61 bits per heavy atom. The van der Waals surface area contributed by atoms with Gasteiger partial charge in [-0.15, -0.1) is 0 Å². The zero-order chi connectivity index (χ0) is 22.6. The molecule has 1 heterocycles. The molecular weight excluding hydrogens is 408 g/mol. The summed E-state index contributed by atoms with van der Waals surface area (Å²) in [6.45, 7) is 2.05. The van der Waals surface area contributed by atoms with Crippen LogP contribution < -0.4 is 5.43 Å². The van der Waals surface area contributed by atoms with E-state index in [0.717, 1.165) is 33.3 Å². The fourth-order valence-electron chi connectivity index (χ4n) is 3.77. The quantitative estimate of drug-likeness (QED) is 0.284. The molecule has 1 N–H and O–H groups in total. The number of carbonyl (C=O) groups is 1. The summed E-state index contributed by atoms with van der Waals surface area (Å²) < 4.78 is 1.79. The van der Waals surface area contributed by atoms with E-state index < -0.39 is 0 Å². The second kappa shape index (κ2) is 8.93. The summed E-state index contributed by atoms with van der Waals surface area (Å²) in [6.07, 6.45) is 1.66. The molecule has 0 atom stereocenters. The number of benzene rings is 4. The van der Waals surface area contributed by atoms with Crippen molar-refractivity contribution in [1.29, 1.82) is 0 Å². The first kappa shape index (κ1) is 20.4. The van der Waals surface area contributed by atoms with Crippen LogP contribution in [0.2, 0.25) is 0 Å². The molecular formula is C28H22N4O. The van der Waals surface area contributed by atoms with E-state index in [1.807, 2.05) is 104 Å². The zero-order valence-electron chi connectivity index (χ0n) is 18.1. The molecule has 1 amide bonds. The number of nitrogens with one attached hydrogen (secondary N) is 1. The van der Waals surface area contributed by atoms with Crippen LogP contribution in [-0.4, -0.2) is 21.9 Å². The molecule has 5 rings (SSSR count). The van der Waals surface area contributed by atoms with Gasteiger partial charge in [-0.05, 0) is 35.9 Å². The third-order valence-corrected chi connectivity index (χ3v) is 5.48. The first-order valence-electron chi connectivity index (χ1n) is 10.7. The van der Waals surface area contributed by atoms with E-state index in [-0.39, 0.29) is 5.91 Å². The number of rotatable bonds is 5. The van der Waals surface area contributed by atoms with E-state index >= 15 is 0 Å². The molecule has 0 aliphatic carbocycles. The van der Waals surface area contributed by atoms with Gasteiger partial charge < -0.3 is 0 Å². The normalized spacial score (nSPS) is 11.2. The summed E-state index contributed by atoms with van der Waals surface area (Å²) >= 11 is 0. The molecule has 0 bridgehead atoms. The Balaban J connectivity index is 1.44. The van der Waals surface area contributed by atoms with Gasteiger partial charge in [0.25, 0.3) is 5.91 Å². The van der Waals surface area contributed by atoms with Crippen LogP contribution in [0, 0.1) is 6.92 Å². The number of fused-ring (bicyclic) bond motifs is 1. The number of aromatic nitrogens is 2. The van der Waals surface area contributed by atoms with Crippen LogP contribution in [0.25, 0.3) is 27.7 Å². The number of carbonyl (C=O) groups excluding carboxylic acids is 1. The summed E-state index contributed by atoms with van der Waals surface area (Å²) in [6, 6.07) is 33.8. The third-order valence-electron chi connectivity index (χ3n) is 5.48. The summed E-state index contributed by atoms with van der Waals surface area (Å²) in [5.41, 5.74) is 7.72. The molecule has 160 valence electrons. The number of aryl methyl sites for hydroxylation is 1. The van der Waals surface area contributed by atoms with Gasteiger partial charge in [0.2, 0.25) is 0 Å². The van der Waals surface area contributed by atoms with Crippen LogP contribution in [-0.2, 0) is 0 Å². The summed E-state index contributed by atoms with van der Waals surface area (Å²) in [5, 5.41) is 11.0. The van der Waals surface area contributed by atoms with Crippen molar-refractivity contribution >= 4 is 22.9 Å². The van der Waals surface area contributed by atoms with Gasteiger partial charge in [-0.2, -0.15) is 10.2 Å². The van der Waals surface area contributed by atoms with E-state index in [9.17, 15) is 4.79 Å². The molecule has 0 fully saturated rings. The maximum absolute atomic E-state index is 12.9. The van der Waals surface area contributed by atoms with E-state index in [1.165, 1.54) is 5.56 Å². The number of para-hydroxylation sites is 1. The molecule has 0 saturated carbocycles. The molecule has 0 aliphatic rings. The van der Waals surface area contributed by atoms with Crippen molar-refractivity contribution in [3.8, 4) is 16.9 Å². The first-order chi connectivity index (χ1) is 16.2. The Morgan fingerprint density at radius 1 is 0.879 bits per heavy atom. The Kier molecular flexibility index (Phi) is 5.52. The number of hydrazone groups is 1. The molecule has 5 aromatic rings. The van der Waals surface area contributed by atoms with Crippen molar-refractivity contribution in [3.05, 3.63) is 120 Å². The Hall–Kier alpha value is -4.51. The van der Waals surface area contributed by atoms with Gasteiger partial charge in [0.05, 0.1) is 17.6 Å². The Morgan fingerprint density at radius 3 is 2.42 bits per heavy atom. The average Bonchev–Trinajstić information content (AvgIpc) is 3.31. The van der Waals surface area contributed by atoms with Gasteiger partial charge in [0, 0.05) is 11.1 Å². The predicted octanol–water partition coefficient (Wildman–Crippen LogP) is 5.76. The van der Waals surface area contributed by atoms with Crippen LogP contribution in [0.15, 0.2) is 108 Å². The number of hydrogen-bond acceptors (Lipinski definition) is 3. The van der Waals surface area contributed by atoms with Gasteiger partial charge in [-0.25, -0.2) is 10.1 Å². The molecule has 5 nitrogen and oxygen atoms in total. The summed E-state index contributed by atoms with van der Waals surface area (Å²) in [7, 11) is 0. The molecule has 0 unspecified atom stereocenters. The number of nitrogens with zero attached hydrogens (tertiary/aromatic N) is 3. The molecule has 33 heavy (non-hydrogen) atoms. The lowest BCUT2D eigenvalue weighted by Crippen LogP contribution is -2.18. The number of hydrogen-bond donors (Lipinski definition) is 1. The monoisotopic (exact) mass is 430 g/mol. The third kappa shape index (κ3) is 4.29. The van der Waals surface area contributed by atoms with Crippen molar-refractivity contribution in [2.24, 2.45) is 5.10 Å². The standard InChI is InChI=1S/C28H22N4O/c1-20-14-16-22(17-15-20)27-18-26(31-32(27)24-11-3-2-4-12-24)28(33)30-29-19-23-10-7-9-21-8-5-6-13-25(21)23/h2-19H,1H3,(H,30,33)/b29-19-. The molecule has 0 aliphatic heterocycles. The van der Waals surface area contributed by atoms with Crippen molar-refractivity contribution in [2.75, 3.05) is 0 Å². The van der Waals surface area contributed by atoms with E-state index in [4.69, 9.17) is 0 Å². The van der Waals surface area contributed by atoms with Crippen LogP contribution in [0.1, 0.15) is 21.6 Å². The average molecular weight is 431 g/mol. The van der Waals surface area contributed by atoms with Crippen molar-refractivity contribution < 1.29 is 4.79 Å². The van der Waals surface area contributed by atoms with Crippen LogP contribution in [0.4, 0.5) is 0 Å². The minimum atomic E-state index is -0.366. The molecule has 5 heteroatoms. The topological polar surface area (TPSA) is 59.3 Å². The minimum absolute atomic E-state index is 0.296. The lowest BCUT2D eigenvalue weighted by atomic mass is 10.1. The van der Waals surface area contributed by atoms with E-state index in [2.05, 4.69) is 15.6 Å². The lowest BCUT2D eigenvalue weighted by molar-refractivity contribution is 0.0949. The SMILES string of the molecule is Cc1ccc(-c2cc(C(=O)N/N=C\c3cccc4ccccc34)nn2-c2ccccc2)cc1. The molecule has 0 saturated heterocycles. The highest BCUT2D eigenvalue weighted by Crippen LogP contribution is 2.24. The predicted molar refractivity (Wildman–Crippen MR) is 133 cm³/mol. The Bertz CT molecular complexity index is 1450. The van der Waals surface area contributed by atoms with Gasteiger partial charge in [-0.1, -0.05) is 90.5 Å². The van der Waals surface area contributed by atoms with E-state index in [1.54, 1.807) is 17.0 Å². The largest absolute Gasteiger partial charge is 0.291 e. The highest BCUT2D eigenvalue weighted by molar-refractivity contribution is 6.00. The van der Waals surface area contributed by atoms with Crippen molar-refractivity contribution in [2.45, 2.75) is 6.92 Å². The van der Waals surface area contributed by atoms with Crippen molar-refractivity contribution in [1.82, 2.24) is 15.2 Å². The first-order valence-corrected chi connectivity index (χ1v) is 10.7. The highest BCUT2D eigenvalue weighted by Gasteiger charge is 2.16. The van der Waals surface area contributed by atoms with Crippen LogP contribution >= 0.6 is 0 Å². The highest BCUT2D eigenvalue weighted by atomic mass is 16.2. The van der Waals surface area contributed by atoms with Gasteiger partial charge >= 0.3 is 0 Å². The number of amides is 1. The second-order valence-electron chi connectivity index (χ2n) is 7.80. The minimum Gasteiger partial charge on any atom is -0.265 e. The van der Waals surface area contributed by atoms with Crippen LogP contribution in [0.5, 0.6) is 0 Å². The fraction of sp³-hybridized carbons (Fsp3) is 0.0357. The zero-order valence-corrected chi connectivity index (χ0v) is 18.1. The summed E-state index contributed by atoms with van der Waals surface area (Å²) in [5.74, 6) is -0.366.